The van der Waals surface area contributed by atoms with Gasteiger partial charge in [-0.1, -0.05) is 183 Å². The molecule has 11 rings (SSSR count). The Balaban J connectivity index is 1.08. The predicted octanol–water partition coefficient (Wildman–Crippen LogP) is 20.3. The maximum absolute atomic E-state index is 5.18. The number of para-hydroxylation sites is 3. The lowest BCUT2D eigenvalue weighted by molar-refractivity contribution is 0.732. The first-order chi connectivity index (χ1) is 37.6. The van der Waals surface area contributed by atoms with Crippen LogP contribution in [0.25, 0.3) is 22.3 Å². The fourth-order valence-corrected chi connectivity index (χ4v) is 11.5. The van der Waals surface area contributed by atoms with Crippen LogP contribution in [0.2, 0.25) is 0 Å². The summed E-state index contributed by atoms with van der Waals surface area (Å²) in [6.07, 6.45) is 6.77. The smallest absolute Gasteiger partial charge is 0.0736 e. The second-order valence-corrected chi connectivity index (χ2v) is 20.4. The van der Waals surface area contributed by atoms with Crippen molar-refractivity contribution in [1.82, 2.24) is 0 Å². The molecule has 10 aromatic carbocycles. The fourth-order valence-electron chi connectivity index (χ4n) is 11.5. The van der Waals surface area contributed by atoms with Gasteiger partial charge in [-0.25, -0.2) is 0 Å². The second-order valence-electron chi connectivity index (χ2n) is 20.4. The van der Waals surface area contributed by atoms with Gasteiger partial charge >= 0.3 is 0 Å². The quantitative estimate of drug-likeness (QED) is 0.107. The van der Waals surface area contributed by atoms with Crippen molar-refractivity contribution < 1.29 is 0 Å². The molecule has 0 unspecified atom stereocenters. The van der Waals surface area contributed by atoms with Crippen LogP contribution >= 0.6 is 0 Å². The minimum atomic E-state index is -0.816. The van der Waals surface area contributed by atoms with Crippen molar-refractivity contribution in [2.45, 2.75) is 53.9 Å². The summed E-state index contributed by atoms with van der Waals surface area (Å²) in [4.78, 5) is 7.23. The molecule has 376 valence electrons. The van der Waals surface area contributed by atoms with E-state index < -0.39 is 5.41 Å². The second kappa shape index (κ2) is 21.2. The van der Waals surface area contributed by atoms with E-state index in [0.29, 0.717) is 0 Å². The van der Waals surface area contributed by atoms with Crippen LogP contribution in [-0.2, 0) is 5.41 Å². The highest BCUT2D eigenvalue weighted by atomic mass is 15.2. The zero-order chi connectivity index (χ0) is 53.2. The van der Waals surface area contributed by atoms with Crippen LogP contribution in [-0.4, -0.2) is 0 Å². The summed E-state index contributed by atoms with van der Waals surface area (Å²) in [6, 6.07) is 86.1. The molecule has 0 saturated carbocycles. The molecule has 0 aliphatic carbocycles. The summed E-state index contributed by atoms with van der Waals surface area (Å²) >= 11 is 0. The lowest BCUT2D eigenvalue weighted by Crippen LogP contribution is -2.37. The Hall–Kier alpha value is -9.18. The number of benzene rings is 10. The summed E-state index contributed by atoms with van der Waals surface area (Å²) in [5.74, 6) is 0. The monoisotopic (exact) mass is 996 g/mol. The molecule has 0 radical (unpaired) electrons. The number of hydrogen-bond acceptors (Lipinski definition) is 3. The molecular weight excluding hydrogens is 931 g/mol. The minimum Gasteiger partial charge on any atom is -0.311 e. The van der Waals surface area contributed by atoms with Crippen LogP contribution in [0.15, 0.2) is 273 Å². The largest absolute Gasteiger partial charge is 0.311 e. The Morgan fingerprint density at radius 2 is 0.818 bits per heavy atom. The van der Waals surface area contributed by atoms with Crippen LogP contribution in [0.4, 0.5) is 45.5 Å². The molecular formula is C74H65N3. The van der Waals surface area contributed by atoms with Crippen molar-refractivity contribution in [3.8, 4) is 22.3 Å². The number of aryl methyl sites for hydroxylation is 2. The summed E-state index contributed by atoms with van der Waals surface area (Å²) in [5, 5.41) is 0. The molecule has 0 bridgehead atoms. The van der Waals surface area contributed by atoms with Crippen LogP contribution in [0.3, 0.4) is 0 Å². The zero-order valence-electron chi connectivity index (χ0n) is 45.3. The van der Waals surface area contributed by atoms with E-state index in [2.05, 4.69) is 318 Å². The maximum atomic E-state index is 5.18. The lowest BCUT2D eigenvalue weighted by Gasteiger charge is -2.46. The first kappa shape index (κ1) is 50.0. The van der Waals surface area contributed by atoms with Crippen LogP contribution < -0.4 is 14.7 Å². The summed E-state index contributed by atoms with van der Waals surface area (Å²) in [6.45, 7) is 20.7. The van der Waals surface area contributed by atoms with Crippen molar-refractivity contribution in [3.05, 3.63) is 323 Å². The maximum Gasteiger partial charge on any atom is 0.0736 e. The van der Waals surface area contributed by atoms with Crippen molar-refractivity contribution in [2.24, 2.45) is 0 Å². The van der Waals surface area contributed by atoms with Gasteiger partial charge in [0, 0.05) is 39.8 Å². The Morgan fingerprint density at radius 3 is 1.32 bits per heavy atom. The Labute approximate surface area is 456 Å². The Morgan fingerprint density at radius 1 is 0.403 bits per heavy atom. The van der Waals surface area contributed by atoms with Gasteiger partial charge in [0.25, 0.3) is 0 Å². The van der Waals surface area contributed by atoms with Crippen LogP contribution in [0.5, 0.6) is 0 Å². The molecule has 0 atom stereocenters. The zero-order valence-corrected chi connectivity index (χ0v) is 45.3. The summed E-state index contributed by atoms with van der Waals surface area (Å²) in [7, 11) is 0. The van der Waals surface area contributed by atoms with Crippen molar-refractivity contribution >= 4 is 45.5 Å². The average Bonchev–Trinajstić information content (AvgIpc) is 3.64. The number of fused-ring (bicyclic) bond motifs is 2. The fraction of sp³-hybridized carbons (Fsp3) is 0.108. The number of nitrogens with zero attached hydrogens (tertiary/aromatic N) is 3. The Kier molecular flexibility index (Phi) is 13.8. The number of hydrogen-bond donors (Lipinski definition) is 0. The summed E-state index contributed by atoms with van der Waals surface area (Å²) in [5.41, 5.74) is 25.8. The highest BCUT2D eigenvalue weighted by Crippen LogP contribution is 2.58. The topological polar surface area (TPSA) is 9.72 Å². The molecule has 0 N–H and O–H groups in total. The molecule has 0 spiro atoms. The number of allylic oxidation sites excluding steroid dienone is 4. The lowest BCUT2D eigenvalue weighted by atomic mass is 9.62. The van der Waals surface area contributed by atoms with E-state index in [9.17, 15) is 0 Å². The third-order valence-corrected chi connectivity index (χ3v) is 16.2. The minimum absolute atomic E-state index is 0.816. The third kappa shape index (κ3) is 9.08. The third-order valence-electron chi connectivity index (χ3n) is 16.2. The molecule has 0 amide bonds. The van der Waals surface area contributed by atoms with E-state index in [4.69, 9.17) is 6.58 Å². The van der Waals surface area contributed by atoms with E-state index in [1.807, 2.05) is 0 Å². The van der Waals surface area contributed by atoms with E-state index in [1.165, 1.54) is 55.6 Å². The van der Waals surface area contributed by atoms with Gasteiger partial charge in [-0.05, 0) is 205 Å². The first-order valence-corrected chi connectivity index (χ1v) is 26.8. The standard InChI is InChI=1S/C74H65N3/c1-9-63(75(70-49-33-51(2)54(5)56(70)7)65-43-36-60(37-44-65)58-23-13-10-14-24-58)42-35-53(4)74(68-29-19-21-31-72(68)77(64-27-17-12-18-28-64)73-32-22-20-30-69(73)74)62-40-47-67(48-41-62)76(71-50-34-52(3)55(6)57(71)8)66-45-38-61(39-46-66)59-25-15-11-16-26-59/h9-50H,4H2,1-3,5-8H3/b42-35-,63-9+. The van der Waals surface area contributed by atoms with E-state index in [-0.39, 0.29) is 0 Å². The molecule has 1 aliphatic rings. The van der Waals surface area contributed by atoms with Gasteiger partial charge in [0.05, 0.1) is 16.8 Å². The number of anilines is 8. The van der Waals surface area contributed by atoms with Crippen molar-refractivity contribution in [2.75, 3.05) is 14.7 Å². The molecule has 1 aliphatic heterocycles. The van der Waals surface area contributed by atoms with Gasteiger partial charge in [0.2, 0.25) is 0 Å². The van der Waals surface area contributed by atoms with Gasteiger partial charge in [-0.2, -0.15) is 0 Å². The highest BCUT2D eigenvalue weighted by Gasteiger charge is 2.46. The highest BCUT2D eigenvalue weighted by molar-refractivity contribution is 5.90. The molecule has 0 aromatic heterocycles. The van der Waals surface area contributed by atoms with Gasteiger partial charge in [-0.3, -0.25) is 0 Å². The molecule has 0 saturated heterocycles. The SMILES string of the molecule is C=C(/C=C\C(=C/C)N(c1ccc(-c2ccccc2)cc1)c1ccc(C)c(C)c1C)C1(c2ccc(N(c3ccc(-c4ccccc4)cc3)c3ccc(C)c(C)c3C)cc2)c2ccccc2N(c2ccccc2)c2ccccc21. The van der Waals surface area contributed by atoms with Crippen molar-refractivity contribution in [1.29, 1.82) is 0 Å². The normalized spacial score (nSPS) is 12.8. The van der Waals surface area contributed by atoms with Crippen LogP contribution in [0.1, 0.15) is 57.0 Å². The van der Waals surface area contributed by atoms with Gasteiger partial charge in [0.15, 0.2) is 0 Å². The molecule has 3 heteroatoms. The molecule has 10 aromatic rings. The molecule has 0 fully saturated rings. The average molecular weight is 996 g/mol. The van der Waals surface area contributed by atoms with Gasteiger partial charge in [0.1, 0.15) is 0 Å². The van der Waals surface area contributed by atoms with Gasteiger partial charge < -0.3 is 14.7 Å². The van der Waals surface area contributed by atoms with Gasteiger partial charge in [-0.15, -0.1) is 0 Å². The first-order valence-electron chi connectivity index (χ1n) is 26.8. The molecule has 3 nitrogen and oxygen atoms in total. The Bertz CT molecular complexity index is 3770. The van der Waals surface area contributed by atoms with E-state index >= 15 is 0 Å². The number of rotatable bonds is 13. The van der Waals surface area contributed by atoms with E-state index in [0.717, 1.165) is 73.5 Å². The van der Waals surface area contributed by atoms with Crippen molar-refractivity contribution in [3.63, 3.8) is 0 Å². The predicted molar refractivity (Wildman–Crippen MR) is 328 cm³/mol. The molecule has 1 heterocycles. The van der Waals surface area contributed by atoms with Crippen LogP contribution in [0, 0.1) is 41.5 Å². The van der Waals surface area contributed by atoms with E-state index in [1.54, 1.807) is 0 Å². The molecule has 77 heavy (non-hydrogen) atoms. The summed E-state index contributed by atoms with van der Waals surface area (Å²) < 4.78 is 0.